The van der Waals surface area contributed by atoms with Gasteiger partial charge in [0.25, 0.3) is 6.43 Å². The Morgan fingerprint density at radius 3 is 2.61 bits per heavy atom. The lowest BCUT2D eigenvalue weighted by molar-refractivity contribution is 0.126. The van der Waals surface area contributed by atoms with Gasteiger partial charge in [-0.25, -0.2) is 17.2 Å². The number of hydrogen-bond donors (Lipinski definition) is 1. The summed E-state index contributed by atoms with van der Waals surface area (Å²) < 4.78 is 50.7. The molecule has 0 atom stereocenters. The van der Waals surface area contributed by atoms with Crippen molar-refractivity contribution < 1.29 is 17.2 Å². The summed E-state index contributed by atoms with van der Waals surface area (Å²) in [5.74, 6) is 0. The van der Waals surface area contributed by atoms with Crippen molar-refractivity contribution in [3.05, 3.63) is 18.0 Å². The number of nitrogens with one attached hydrogen (secondary N) is 1. The molecule has 0 aliphatic rings. The molecule has 0 aromatic carbocycles. The molecule has 0 amide bonds. The largest absolute Gasteiger partial charge is 0.352 e. The maximum atomic E-state index is 12.2. The molecule has 0 unspecified atom stereocenters. The lowest BCUT2D eigenvalue weighted by Gasteiger charge is -2.15. The van der Waals surface area contributed by atoms with Crippen LogP contribution in [0.15, 0.2) is 17.2 Å². The second kappa shape index (κ2) is 5.77. The van der Waals surface area contributed by atoms with Crippen LogP contribution in [0.5, 0.6) is 0 Å². The first-order chi connectivity index (χ1) is 8.28. The minimum absolute atomic E-state index is 0.0263. The van der Waals surface area contributed by atoms with Gasteiger partial charge in [0, 0.05) is 32.5 Å². The monoisotopic (exact) mass is 281 g/mol. The minimum Gasteiger partial charge on any atom is -0.352 e. The van der Waals surface area contributed by atoms with E-state index in [1.165, 1.54) is 12.3 Å². The number of rotatable bonds is 6. The third-order valence-corrected chi connectivity index (χ3v) is 4.33. The lowest BCUT2D eigenvalue weighted by Crippen LogP contribution is -2.31. The predicted octanol–water partition coefficient (Wildman–Crippen LogP) is 0.630. The van der Waals surface area contributed by atoms with Crippen LogP contribution < -0.4 is 5.32 Å². The van der Waals surface area contributed by atoms with Gasteiger partial charge in [-0.05, 0) is 13.1 Å². The highest BCUT2D eigenvalue weighted by molar-refractivity contribution is 7.89. The summed E-state index contributed by atoms with van der Waals surface area (Å²) in [6.07, 6.45) is -1.27. The van der Waals surface area contributed by atoms with Crippen LogP contribution in [-0.4, -0.2) is 44.4 Å². The summed E-state index contributed by atoms with van der Waals surface area (Å²) in [6, 6.07) is 1.48. The van der Waals surface area contributed by atoms with Crippen molar-refractivity contribution >= 4 is 10.0 Å². The maximum absolute atomic E-state index is 12.2. The van der Waals surface area contributed by atoms with Crippen molar-refractivity contribution in [3.63, 3.8) is 0 Å². The molecule has 1 aromatic rings. The van der Waals surface area contributed by atoms with Gasteiger partial charge in [-0.1, -0.05) is 0 Å². The normalized spacial score (nSPS) is 12.6. The number of nitrogens with zero attached hydrogens (tertiary/aromatic N) is 2. The van der Waals surface area contributed by atoms with E-state index in [0.717, 1.165) is 12.7 Å². The van der Waals surface area contributed by atoms with Gasteiger partial charge in [0.2, 0.25) is 10.0 Å². The molecule has 0 fully saturated rings. The first-order valence-electron chi connectivity index (χ1n) is 5.33. The summed E-state index contributed by atoms with van der Waals surface area (Å²) in [5, 5.41) is 2.90. The van der Waals surface area contributed by atoms with Crippen LogP contribution in [0.4, 0.5) is 8.78 Å². The number of hydrogen-bond acceptors (Lipinski definition) is 3. The number of aryl methyl sites for hydroxylation is 1. The lowest BCUT2D eigenvalue weighted by atomic mass is 10.4. The van der Waals surface area contributed by atoms with E-state index in [4.69, 9.17) is 0 Å². The highest BCUT2D eigenvalue weighted by Gasteiger charge is 2.25. The third-order valence-electron chi connectivity index (χ3n) is 2.54. The Balaban J connectivity index is 3.01. The molecule has 0 saturated heterocycles. The van der Waals surface area contributed by atoms with Gasteiger partial charge in [-0.3, -0.25) is 0 Å². The van der Waals surface area contributed by atoms with Crippen molar-refractivity contribution in [1.29, 1.82) is 0 Å². The Morgan fingerprint density at radius 2 is 2.11 bits per heavy atom. The zero-order valence-corrected chi connectivity index (χ0v) is 11.3. The van der Waals surface area contributed by atoms with E-state index in [-0.39, 0.29) is 4.90 Å². The fourth-order valence-electron chi connectivity index (χ4n) is 1.55. The van der Waals surface area contributed by atoms with E-state index in [1.54, 1.807) is 18.7 Å². The number of halogens is 2. The fraction of sp³-hybridized carbons (Fsp3) is 0.600. The molecule has 1 heterocycles. The Morgan fingerprint density at radius 1 is 1.50 bits per heavy atom. The molecule has 0 radical (unpaired) electrons. The van der Waals surface area contributed by atoms with Crippen molar-refractivity contribution in [2.24, 2.45) is 7.05 Å². The second-order valence-electron chi connectivity index (χ2n) is 3.99. The van der Waals surface area contributed by atoms with Gasteiger partial charge in [0.1, 0.15) is 4.90 Å². The topological polar surface area (TPSA) is 54.3 Å². The highest BCUT2D eigenvalue weighted by Crippen LogP contribution is 2.18. The average Bonchev–Trinajstić information content (AvgIpc) is 2.60. The van der Waals surface area contributed by atoms with Crippen LogP contribution in [0.25, 0.3) is 0 Å². The number of sulfonamides is 1. The number of aromatic nitrogens is 1. The molecular weight excluding hydrogens is 264 g/mol. The smallest absolute Gasteiger partial charge is 0.252 e. The van der Waals surface area contributed by atoms with E-state index < -0.39 is 23.0 Å². The molecule has 1 N–H and O–H groups in total. The SMILES string of the molecule is CNCc1cc(S(=O)(=O)N(C)CC(F)F)cn1C. The molecule has 0 aliphatic carbocycles. The zero-order valence-electron chi connectivity index (χ0n) is 10.5. The van der Waals surface area contributed by atoms with Crippen molar-refractivity contribution in [2.45, 2.75) is 17.9 Å². The summed E-state index contributed by atoms with van der Waals surface area (Å²) >= 11 is 0. The second-order valence-corrected chi connectivity index (χ2v) is 6.03. The molecule has 1 aromatic heterocycles. The summed E-state index contributed by atoms with van der Waals surface area (Å²) in [4.78, 5) is 0.0263. The summed E-state index contributed by atoms with van der Waals surface area (Å²) in [7, 11) is 0.743. The molecule has 0 spiro atoms. The standard InChI is InChI=1S/C10H17F2N3O2S/c1-13-5-8-4-9(6-14(8)2)18(16,17)15(3)7-10(11)12/h4,6,10,13H,5,7H2,1-3H3. The first-order valence-corrected chi connectivity index (χ1v) is 6.77. The van der Waals surface area contributed by atoms with Crippen molar-refractivity contribution in [3.8, 4) is 0 Å². The van der Waals surface area contributed by atoms with Crippen molar-refractivity contribution in [1.82, 2.24) is 14.2 Å². The predicted molar refractivity (Wildman–Crippen MR) is 64.0 cm³/mol. The fourth-order valence-corrected chi connectivity index (χ4v) is 2.79. The van der Waals surface area contributed by atoms with Crippen LogP contribution in [0.2, 0.25) is 0 Å². The van der Waals surface area contributed by atoms with Gasteiger partial charge in [-0.2, -0.15) is 4.31 Å². The van der Waals surface area contributed by atoms with Gasteiger partial charge in [0.05, 0.1) is 6.54 Å². The van der Waals surface area contributed by atoms with E-state index in [1.807, 2.05) is 0 Å². The molecule has 8 heteroatoms. The Bertz CT molecular complexity index is 499. The van der Waals surface area contributed by atoms with Gasteiger partial charge in [0.15, 0.2) is 0 Å². The molecule has 1 rings (SSSR count). The van der Waals surface area contributed by atoms with Crippen LogP contribution in [0, 0.1) is 0 Å². The third kappa shape index (κ3) is 3.27. The van der Waals surface area contributed by atoms with Crippen LogP contribution in [0.3, 0.4) is 0 Å². The van der Waals surface area contributed by atoms with Crippen LogP contribution in [-0.2, 0) is 23.6 Å². The Hall–Kier alpha value is -0.990. The summed E-state index contributed by atoms with van der Waals surface area (Å²) in [5.41, 5.74) is 0.765. The quantitative estimate of drug-likeness (QED) is 0.832. The summed E-state index contributed by atoms with van der Waals surface area (Å²) in [6.45, 7) is -0.302. The Kier molecular flexibility index (Phi) is 4.83. The average molecular weight is 281 g/mol. The Labute approximate surface area is 105 Å². The van der Waals surface area contributed by atoms with E-state index in [0.29, 0.717) is 10.8 Å². The molecule has 0 aliphatic heterocycles. The van der Waals surface area contributed by atoms with Crippen LogP contribution in [0.1, 0.15) is 5.69 Å². The van der Waals surface area contributed by atoms with E-state index in [9.17, 15) is 17.2 Å². The molecule has 0 bridgehead atoms. The van der Waals surface area contributed by atoms with Crippen molar-refractivity contribution in [2.75, 3.05) is 20.6 Å². The van der Waals surface area contributed by atoms with Gasteiger partial charge >= 0.3 is 0 Å². The van der Waals surface area contributed by atoms with E-state index in [2.05, 4.69) is 5.32 Å². The molecule has 18 heavy (non-hydrogen) atoms. The van der Waals surface area contributed by atoms with Crippen LogP contribution >= 0.6 is 0 Å². The van der Waals surface area contributed by atoms with Gasteiger partial charge < -0.3 is 9.88 Å². The zero-order chi connectivity index (χ0) is 13.9. The molecule has 0 saturated carbocycles. The highest BCUT2D eigenvalue weighted by atomic mass is 32.2. The molecular formula is C10H17F2N3O2S. The number of alkyl halides is 2. The maximum Gasteiger partial charge on any atom is 0.252 e. The molecule has 5 nitrogen and oxygen atoms in total. The van der Waals surface area contributed by atoms with Gasteiger partial charge in [-0.15, -0.1) is 0 Å². The minimum atomic E-state index is -3.85. The van der Waals surface area contributed by atoms with E-state index >= 15 is 0 Å². The molecule has 104 valence electrons. The first kappa shape index (κ1) is 15.1.